The van der Waals surface area contributed by atoms with Gasteiger partial charge < -0.3 is 57.4 Å². The van der Waals surface area contributed by atoms with Crippen LogP contribution >= 0.6 is 0 Å². The molecule has 2 fully saturated rings. The number of ether oxygens (including phenoxy) is 11. The lowest BCUT2D eigenvalue weighted by atomic mass is 9.93. The van der Waals surface area contributed by atoms with Gasteiger partial charge in [-0.2, -0.15) is 13.2 Å². The van der Waals surface area contributed by atoms with Gasteiger partial charge in [-0.1, -0.05) is 65.8 Å². The fraction of sp³-hybridized carbons (Fsp3) is 0.389. The van der Waals surface area contributed by atoms with Crippen molar-refractivity contribution in [2.75, 3.05) is 48.3 Å². The quantitative estimate of drug-likeness (QED) is 0.0290. The summed E-state index contributed by atoms with van der Waals surface area (Å²) in [4.78, 5) is 45.8. The maximum absolute atomic E-state index is 14.6. The maximum Gasteiger partial charge on any atom is 0.471 e. The van der Waals surface area contributed by atoms with Crippen LogP contribution in [0, 0.1) is 0 Å². The number of nitrogens with one attached hydrogen (secondary N) is 1. The molecule has 3 heterocycles. The van der Waals surface area contributed by atoms with Crippen LogP contribution < -0.4 is 24.3 Å². The second-order valence-corrected chi connectivity index (χ2v) is 17.8. The zero-order valence-electron chi connectivity index (χ0n) is 41.8. The lowest BCUT2D eigenvalue weighted by Crippen LogP contribution is -2.69. The second-order valence-electron chi connectivity index (χ2n) is 17.8. The number of methoxy groups -OCH3 is 4. The van der Waals surface area contributed by atoms with Crippen molar-refractivity contribution >= 4 is 17.7 Å². The molecule has 0 aromatic heterocycles. The summed E-state index contributed by atoms with van der Waals surface area (Å²) in [6.45, 7) is -1.26. The molecular formula is C54H56F3N5O14. The fourth-order valence-electron chi connectivity index (χ4n) is 9.06. The fourth-order valence-corrected chi connectivity index (χ4v) is 9.06. The predicted molar refractivity (Wildman–Crippen MR) is 263 cm³/mol. The monoisotopic (exact) mass is 1060 g/mol. The van der Waals surface area contributed by atoms with Crippen molar-refractivity contribution in [3.63, 3.8) is 0 Å². The van der Waals surface area contributed by atoms with E-state index in [1.54, 1.807) is 109 Å². The highest BCUT2D eigenvalue weighted by Gasteiger charge is 2.56. The Balaban J connectivity index is 1.20. The molecule has 0 radical (unpaired) electrons. The average molecular weight is 1060 g/mol. The number of carbonyl (C=O) groups excluding carboxylic acids is 3. The van der Waals surface area contributed by atoms with Gasteiger partial charge in [0.2, 0.25) is 0 Å². The summed E-state index contributed by atoms with van der Waals surface area (Å²) in [5.41, 5.74) is 13.0. The molecule has 4 unspecified atom stereocenters. The lowest BCUT2D eigenvalue weighted by Gasteiger charge is -2.49. The molecule has 0 saturated carbocycles. The Morgan fingerprint density at radius 1 is 0.645 bits per heavy atom. The van der Waals surface area contributed by atoms with Gasteiger partial charge in [-0.05, 0) is 88.4 Å². The van der Waals surface area contributed by atoms with Crippen molar-refractivity contribution in [2.45, 2.75) is 87.5 Å². The summed E-state index contributed by atoms with van der Waals surface area (Å²) >= 11 is 0. The third-order valence-electron chi connectivity index (χ3n) is 13.0. The highest BCUT2D eigenvalue weighted by atomic mass is 19.4. The number of benzene rings is 5. The van der Waals surface area contributed by atoms with E-state index in [2.05, 4.69) is 15.3 Å². The summed E-state index contributed by atoms with van der Waals surface area (Å²) in [5, 5.41) is 6.14. The van der Waals surface area contributed by atoms with Gasteiger partial charge in [-0.3, -0.25) is 19.3 Å². The SMILES string of the molecule is COc1ccc(COCC2O[C@@H](O[C@@H]3C(N4C(=O)c5ccccc5C4=O)COC(COCc4ccc(OC)cc4)[C@@H]3N=[N+]=[N-])C(NC(=O)C(F)(F)F)[C@@H](OCc3ccc(OC)cc3)[C@@H]2OCc2ccc(OC)cc2)cc1. The Morgan fingerprint density at radius 3 is 1.51 bits per heavy atom. The molecule has 19 nitrogen and oxygen atoms in total. The highest BCUT2D eigenvalue weighted by molar-refractivity contribution is 6.21. The Labute approximate surface area is 435 Å². The number of alkyl halides is 3. The minimum absolute atomic E-state index is 0.0190. The van der Waals surface area contributed by atoms with Gasteiger partial charge in [0.05, 0.1) is 110 Å². The van der Waals surface area contributed by atoms with E-state index in [1.807, 2.05) is 0 Å². The molecule has 3 amide bonds. The molecule has 402 valence electrons. The highest BCUT2D eigenvalue weighted by Crippen LogP contribution is 2.37. The molecule has 3 aliphatic heterocycles. The van der Waals surface area contributed by atoms with Crippen molar-refractivity contribution in [1.82, 2.24) is 10.2 Å². The lowest BCUT2D eigenvalue weighted by molar-refractivity contribution is -0.311. The maximum atomic E-state index is 14.6. The van der Waals surface area contributed by atoms with Crippen LogP contribution in [0.15, 0.2) is 126 Å². The number of amides is 3. The third-order valence-corrected chi connectivity index (χ3v) is 13.0. The molecule has 76 heavy (non-hydrogen) atoms. The summed E-state index contributed by atoms with van der Waals surface area (Å²) in [6, 6.07) is 29.0. The van der Waals surface area contributed by atoms with Crippen LogP contribution in [0.3, 0.4) is 0 Å². The standard InChI is InChI=1S/C54H56F3N5O14/c1-66-36-17-9-32(10-18-36)25-70-30-43-45(60-61-58)47(42(29-72-43)62-50(63)40-7-5-6-8-41(40)51(62)64)76-52-46(59-53(65)54(55,56)57)49(74-28-35-15-23-39(69-4)24-16-35)48(73-27-34-13-21-38(68-3)22-14-34)44(75-52)31-71-26-33-11-19-37(67-2)20-12-33/h5-24,42-49,52H,25-31H2,1-4H3,(H,59,65)/t42?,43?,44?,45-,46?,47+,48+,49+,52-/m0/s1. The number of hydrogen-bond acceptors (Lipinski definition) is 15. The first-order valence-corrected chi connectivity index (χ1v) is 24.0. The molecule has 5 aromatic rings. The molecule has 0 bridgehead atoms. The zero-order chi connectivity index (χ0) is 53.8. The van der Waals surface area contributed by atoms with E-state index in [4.69, 9.17) is 52.1 Å². The normalized spacial score (nSPS) is 23.3. The number of fused-ring (bicyclic) bond motifs is 1. The predicted octanol–water partition coefficient (Wildman–Crippen LogP) is 7.52. The van der Waals surface area contributed by atoms with Crippen LogP contribution in [0.2, 0.25) is 0 Å². The number of carbonyl (C=O) groups is 3. The number of imide groups is 1. The van der Waals surface area contributed by atoms with Gasteiger partial charge >= 0.3 is 12.1 Å². The summed E-state index contributed by atoms with van der Waals surface area (Å²) < 4.78 is 110. The van der Waals surface area contributed by atoms with Crippen LogP contribution in [0.25, 0.3) is 10.4 Å². The number of azide groups is 1. The van der Waals surface area contributed by atoms with E-state index in [0.717, 1.165) is 16.0 Å². The average Bonchev–Trinajstić information content (AvgIpc) is 3.71. The Hall–Kier alpha value is -7.27. The van der Waals surface area contributed by atoms with Gasteiger partial charge in [-0.25, -0.2) is 0 Å². The van der Waals surface area contributed by atoms with Crippen molar-refractivity contribution < 1.29 is 79.7 Å². The Bertz CT molecular complexity index is 2750. The molecule has 22 heteroatoms. The minimum atomic E-state index is -5.44. The topological polar surface area (TPSA) is 217 Å². The number of hydrogen-bond donors (Lipinski definition) is 1. The molecule has 1 N–H and O–H groups in total. The molecule has 9 atom stereocenters. The van der Waals surface area contributed by atoms with Crippen molar-refractivity contribution in [3.8, 4) is 23.0 Å². The van der Waals surface area contributed by atoms with E-state index < -0.39 is 85.4 Å². The Kier molecular flexibility index (Phi) is 18.5. The van der Waals surface area contributed by atoms with Crippen LogP contribution in [0.1, 0.15) is 43.0 Å². The number of rotatable bonds is 23. The smallest absolute Gasteiger partial charge is 0.471 e. The molecule has 2 saturated heterocycles. The third kappa shape index (κ3) is 13.2. The molecule has 0 spiro atoms. The minimum Gasteiger partial charge on any atom is -0.497 e. The van der Waals surface area contributed by atoms with Crippen LogP contribution in [0.5, 0.6) is 23.0 Å². The molecular weight excluding hydrogens is 1000 g/mol. The number of halogens is 3. The summed E-state index contributed by atoms with van der Waals surface area (Å²) in [5.74, 6) is -1.55. The van der Waals surface area contributed by atoms with Gasteiger partial charge in [0.15, 0.2) is 6.29 Å². The summed E-state index contributed by atoms with van der Waals surface area (Å²) in [7, 11) is 6.06. The summed E-state index contributed by atoms with van der Waals surface area (Å²) in [6.07, 6.45) is -14.2. The largest absolute Gasteiger partial charge is 0.497 e. The van der Waals surface area contributed by atoms with Crippen LogP contribution in [0.4, 0.5) is 13.2 Å². The molecule has 0 aliphatic carbocycles. The first-order chi connectivity index (χ1) is 36.8. The van der Waals surface area contributed by atoms with E-state index in [0.29, 0.717) is 34.1 Å². The van der Waals surface area contributed by atoms with Crippen molar-refractivity contribution in [2.24, 2.45) is 5.11 Å². The van der Waals surface area contributed by atoms with E-state index in [9.17, 15) is 33.1 Å². The second kappa shape index (κ2) is 25.5. The van der Waals surface area contributed by atoms with Gasteiger partial charge in [0.25, 0.3) is 11.8 Å². The van der Waals surface area contributed by atoms with Gasteiger partial charge in [0.1, 0.15) is 47.4 Å². The first kappa shape index (κ1) is 55.0. The van der Waals surface area contributed by atoms with E-state index in [1.165, 1.54) is 40.6 Å². The van der Waals surface area contributed by atoms with Gasteiger partial charge in [-0.15, -0.1) is 0 Å². The van der Waals surface area contributed by atoms with E-state index in [-0.39, 0.29) is 50.8 Å². The van der Waals surface area contributed by atoms with E-state index >= 15 is 0 Å². The first-order valence-electron chi connectivity index (χ1n) is 24.0. The molecule has 3 aliphatic rings. The Morgan fingerprint density at radius 2 is 1.08 bits per heavy atom. The van der Waals surface area contributed by atoms with Crippen LogP contribution in [-0.4, -0.2) is 132 Å². The van der Waals surface area contributed by atoms with Crippen LogP contribution in [-0.2, 0) is 64.4 Å². The molecule has 8 rings (SSSR count). The molecule has 5 aromatic carbocycles. The van der Waals surface area contributed by atoms with Gasteiger partial charge in [0, 0.05) is 4.91 Å². The number of nitrogens with zero attached hydrogens (tertiary/aromatic N) is 4. The van der Waals surface area contributed by atoms with Crippen molar-refractivity contribution in [3.05, 3.63) is 165 Å². The van der Waals surface area contributed by atoms with Crippen molar-refractivity contribution in [1.29, 1.82) is 0 Å². The zero-order valence-corrected chi connectivity index (χ0v) is 41.8.